The molecule has 0 atom stereocenters. The van der Waals surface area contributed by atoms with Gasteiger partial charge in [-0.2, -0.15) is 0 Å². The molecule has 0 radical (unpaired) electrons. The van der Waals surface area contributed by atoms with Crippen molar-refractivity contribution in [1.82, 2.24) is 4.90 Å². The highest BCUT2D eigenvalue weighted by atomic mass is 16.2. The summed E-state index contributed by atoms with van der Waals surface area (Å²) in [5.41, 5.74) is 3.25. The first-order valence-electron chi connectivity index (χ1n) is 9.38. The number of carbonyl (C=O) groups is 3. The molecule has 0 aliphatic carbocycles. The Kier molecular flexibility index (Phi) is 7.75. The summed E-state index contributed by atoms with van der Waals surface area (Å²) in [6.07, 6.45) is 0.975. The number of para-hydroxylation sites is 1. The molecular formula is C22H27N3O3. The lowest BCUT2D eigenvalue weighted by atomic mass is 10.1. The van der Waals surface area contributed by atoms with Crippen molar-refractivity contribution in [3.05, 3.63) is 59.7 Å². The Labute approximate surface area is 165 Å². The van der Waals surface area contributed by atoms with E-state index in [0.29, 0.717) is 12.2 Å². The van der Waals surface area contributed by atoms with Crippen LogP contribution in [0.2, 0.25) is 0 Å². The third kappa shape index (κ3) is 6.54. The molecule has 3 amide bonds. The third-order valence-electron chi connectivity index (χ3n) is 4.23. The van der Waals surface area contributed by atoms with Crippen LogP contribution in [0.5, 0.6) is 0 Å². The number of carbonyl (C=O) groups excluding carboxylic acids is 3. The van der Waals surface area contributed by atoms with Gasteiger partial charge in [-0.1, -0.05) is 37.3 Å². The molecular weight excluding hydrogens is 354 g/mol. The number of aryl methyl sites for hydroxylation is 1. The van der Waals surface area contributed by atoms with Crippen LogP contribution >= 0.6 is 0 Å². The Morgan fingerprint density at radius 2 is 1.64 bits per heavy atom. The van der Waals surface area contributed by atoms with Gasteiger partial charge in [0.15, 0.2) is 0 Å². The van der Waals surface area contributed by atoms with Crippen molar-refractivity contribution in [2.75, 3.05) is 23.7 Å². The largest absolute Gasteiger partial charge is 0.333 e. The van der Waals surface area contributed by atoms with E-state index in [-0.39, 0.29) is 30.7 Å². The van der Waals surface area contributed by atoms with E-state index in [9.17, 15) is 14.4 Å². The Bertz CT molecular complexity index is 831. The van der Waals surface area contributed by atoms with Crippen molar-refractivity contribution in [3.8, 4) is 0 Å². The van der Waals surface area contributed by atoms with Crippen molar-refractivity contribution in [3.63, 3.8) is 0 Å². The molecule has 0 fully saturated rings. The van der Waals surface area contributed by atoms with E-state index in [1.165, 1.54) is 6.92 Å². The smallest absolute Gasteiger partial charge is 0.244 e. The lowest BCUT2D eigenvalue weighted by molar-refractivity contribution is -0.134. The van der Waals surface area contributed by atoms with E-state index in [0.717, 1.165) is 23.2 Å². The van der Waals surface area contributed by atoms with Crippen molar-refractivity contribution in [2.24, 2.45) is 0 Å². The molecule has 0 aliphatic heterocycles. The average molecular weight is 381 g/mol. The van der Waals surface area contributed by atoms with Crippen LogP contribution < -0.4 is 10.6 Å². The zero-order chi connectivity index (χ0) is 20.5. The van der Waals surface area contributed by atoms with E-state index >= 15 is 0 Å². The Morgan fingerprint density at radius 3 is 2.25 bits per heavy atom. The minimum Gasteiger partial charge on any atom is -0.333 e. The van der Waals surface area contributed by atoms with Gasteiger partial charge in [-0.25, -0.2) is 0 Å². The van der Waals surface area contributed by atoms with E-state index < -0.39 is 0 Å². The summed E-state index contributed by atoms with van der Waals surface area (Å²) in [6.45, 7) is 5.88. The van der Waals surface area contributed by atoms with Crippen LogP contribution in [0.4, 0.5) is 11.4 Å². The highest BCUT2D eigenvalue weighted by molar-refractivity contribution is 5.95. The van der Waals surface area contributed by atoms with Crippen molar-refractivity contribution in [2.45, 2.75) is 33.6 Å². The standard InChI is InChI=1S/C22H27N3O3/c1-4-13-25(15-21(27)24-20-8-6-5-7-16(20)2)22(28)14-18-9-11-19(12-10-18)23-17(3)26/h5-12H,4,13-15H2,1-3H3,(H,23,26)(H,24,27). The van der Waals surface area contributed by atoms with E-state index in [1.54, 1.807) is 29.2 Å². The molecule has 6 heteroatoms. The van der Waals surface area contributed by atoms with Crippen molar-refractivity contribution < 1.29 is 14.4 Å². The number of hydrogen-bond donors (Lipinski definition) is 2. The summed E-state index contributed by atoms with van der Waals surface area (Å²) in [6, 6.07) is 14.7. The van der Waals surface area contributed by atoms with Crippen LogP contribution in [0.15, 0.2) is 48.5 Å². The lowest BCUT2D eigenvalue weighted by Crippen LogP contribution is -2.39. The van der Waals surface area contributed by atoms with Gasteiger partial charge in [0.1, 0.15) is 0 Å². The number of nitrogens with zero attached hydrogens (tertiary/aromatic N) is 1. The molecule has 2 aromatic rings. The molecule has 2 aromatic carbocycles. The van der Waals surface area contributed by atoms with Crippen LogP contribution in [0.3, 0.4) is 0 Å². The molecule has 0 bridgehead atoms. The van der Waals surface area contributed by atoms with Gasteiger partial charge in [-0.05, 0) is 42.7 Å². The van der Waals surface area contributed by atoms with Crippen LogP contribution in [0.1, 0.15) is 31.4 Å². The van der Waals surface area contributed by atoms with Gasteiger partial charge < -0.3 is 15.5 Å². The first-order chi connectivity index (χ1) is 13.4. The maximum absolute atomic E-state index is 12.7. The normalized spacial score (nSPS) is 10.2. The zero-order valence-electron chi connectivity index (χ0n) is 16.6. The zero-order valence-corrected chi connectivity index (χ0v) is 16.6. The molecule has 0 aromatic heterocycles. The van der Waals surface area contributed by atoms with Gasteiger partial charge in [0.05, 0.1) is 13.0 Å². The monoisotopic (exact) mass is 381 g/mol. The number of anilines is 2. The molecule has 2 rings (SSSR count). The van der Waals surface area contributed by atoms with Crippen LogP contribution in [-0.2, 0) is 20.8 Å². The highest BCUT2D eigenvalue weighted by Gasteiger charge is 2.17. The summed E-state index contributed by atoms with van der Waals surface area (Å²) in [7, 11) is 0. The maximum atomic E-state index is 12.7. The fraction of sp³-hybridized carbons (Fsp3) is 0.318. The molecule has 0 unspecified atom stereocenters. The van der Waals surface area contributed by atoms with E-state index in [1.807, 2.05) is 38.1 Å². The fourth-order valence-electron chi connectivity index (χ4n) is 2.83. The van der Waals surface area contributed by atoms with Crippen molar-refractivity contribution in [1.29, 1.82) is 0 Å². The summed E-state index contributed by atoms with van der Waals surface area (Å²) in [5.74, 6) is -0.455. The van der Waals surface area contributed by atoms with Gasteiger partial charge in [0.25, 0.3) is 0 Å². The molecule has 148 valence electrons. The van der Waals surface area contributed by atoms with Gasteiger partial charge in [0.2, 0.25) is 17.7 Å². The molecule has 6 nitrogen and oxygen atoms in total. The Balaban J connectivity index is 1.98. The molecule has 0 heterocycles. The van der Waals surface area contributed by atoms with E-state index in [4.69, 9.17) is 0 Å². The topological polar surface area (TPSA) is 78.5 Å². The first-order valence-corrected chi connectivity index (χ1v) is 9.38. The lowest BCUT2D eigenvalue weighted by Gasteiger charge is -2.22. The van der Waals surface area contributed by atoms with Crippen LogP contribution in [0.25, 0.3) is 0 Å². The van der Waals surface area contributed by atoms with Gasteiger partial charge in [0, 0.05) is 24.8 Å². The molecule has 0 saturated heterocycles. The second kappa shape index (κ2) is 10.3. The summed E-state index contributed by atoms with van der Waals surface area (Å²) in [5, 5.41) is 5.57. The quantitative estimate of drug-likeness (QED) is 0.736. The number of nitrogens with one attached hydrogen (secondary N) is 2. The summed E-state index contributed by atoms with van der Waals surface area (Å²) < 4.78 is 0. The fourth-order valence-corrected chi connectivity index (χ4v) is 2.83. The molecule has 2 N–H and O–H groups in total. The summed E-state index contributed by atoms with van der Waals surface area (Å²) in [4.78, 5) is 37.8. The van der Waals surface area contributed by atoms with Crippen molar-refractivity contribution >= 4 is 29.1 Å². The molecule has 0 aliphatic rings. The van der Waals surface area contributed by atoms with Crippen LogP contribution in [0, 0.1) is 6.92 Å². The first kappa shape index (κ1) is 21.2. The Morgan fingerprint density at radius 1 is 0.964 bits per heavy atom. The Hall–Kier alpha value is -3.15. The number of benzene rings is 2. The van der Waals surface area contributed by atoms with Gasteiger partial charge in [-0.15, -0.1) is 0 Å². The second-order valence-corrected chi connectivity index (χ2v) is 6.73. The number of rotatable bonds is 8. The SMILES string of the molecule is CCCN(CC(=O)Nc1ccccc1C)C(=O)Cc1ccc(NC(C)=O)cc1. The third-order valence-corrected chi connectivity index (χ3v) is 4.23. The molecule has 0 saturated carbocycles. The predicted molar refractivity (Wildman–Crippen MR) is 111 cm³/mol. The maximum Gasteiger partial charge on any atom is 0.244 e. The number of hydrogen-bond acceptors (Lipinski definition) is 3. The minimum absolute atomic E-state index is 0.0188. The van der Waals surface area contributed by atoms with Gasteiger partial charge >= 0.3 is 0 Å². The average Bonchev–Trinajstić information content (AvgIpc) is 2.64. The second-order valence-electron chi connectivity index (χ2n) is 6.73. The van der Waals surface area contributed by atoms with Gasteiger partial charge in [-0.3, -0.25) is 14.4 Å². The minimum atomic E-state index is -0.211. The predicted octanol–water partition coefficient (Wildman–Crippen LogP) is 3.37. The molecule has 0 spiro atoms. The highest BCUT2D eigenvalue weighted by Crippen LogP contribution is 2.14. The van der Waals surface area contributed by atoms with E-state index in [2.05, 4.69) is 10.6 Å². The number of amides is 3. The summed E-state index contributed by atoms with van der Waals surface area (Å²) >= 11 is 0. The van der Waals surface area contributed by atoms with Crippen LogP contribution in [-0.4, -0.2) is 35.7 Å². The molecule has 28 heavy (non-hydrogen) atoms.